The molecule has 4 rings (SSSR count). The van der Waals surface area contributed by atoms with Gasteiger partial charge in [-0.15, -0.1) is 11.3 Å². The molecule has 0 spiro atoms. The van der Waals surface area contributed by atoms with Crippen LogP contribution in [-0.2, 0) is 19.4 Å². The van der Waals surface area contributed by atoms with E-state index in [9.17, 15) is 9.59 Å². The van der Waals surface area contributed by atoms with Crippen molar-refractivity contribution in [1.29, 1.82) is 0 Å². The second-order valence-electron chi connectivity index (χ2n) is 8.39. The van der Waals surface area contributed by atoms with Crippen LogP contribution in [0, 0.1) is 13.8 Å². The average molecular weight is 473 g/mol. The molecule has 0 radical (unpaired) electrons. The van der Waals surface area contributed by atoms with E-state index in [0.717, 1.165) is 39.6 Å². The Morgan fingerprint density at radius 1 is 1.06 bits per heavy atom. The van der Waals surface area contributed by atoms with Crippen LogP contribution in [0.1, 0.15) is 56.5 Å². The first kappa shape index (κ1) is 23.6. The Hall–Kier alpha value is -3.58. The minimum Gasteiger partial charge on any atom is -0.344 e. The summed E-state index contributed by atoms with van der Waals surface area (Å²) < 4.78 is 2.08. The number of aromatic nitrogens is 3. The molecule has 7 heteroatoms. The largest absolute Gasteiger partial charge is 0.344 e. The van der Waals surface area contributed by atoms with E-state index in [1.165, 1.54) is 11.3 Å². The molecule has 4 aromatic rings. The topological polar surface area (TPSA) is 76.9 Å². The lowest BCUT2D eigenvalue weighted by atomic mass is 10.0. The summed E-state index contributed by atoms with van der Waals surface area (Å²) in [5.74, 6) is -0.366. The number of thiazole rings is 1. The van der Waals surface area contributed by atoms with Gasteiger partial charge in [-0.3, -0.25) is 14.6 Å². The summed E-state index contributed by atoms with van der Waals surface area (Å²) in [5, 5.41) is 5.88. The van der Waals surface area contributed by atoms with Gasteiger partial charge in [0.05, 0.1) is 16.7 Å². The van der Waals surface area contributed by atoms with Gasteiger partial charge >= 0.3 is 0 Å². The second kappa shape index (κ2) is 10.6. The van der Waals surface area contributed by atoms with Gasteiger partial charge in [0.2, 0.25) is 0 Å². The minimum atomic E-state index is -0.366. The Bertz CT molecular complexity index is 1330. The molecule has 0 saturated heterocycles. The second-order valence-corrected chi connectivity index (χ2v) is 9.45. The van der Waals surface area contributed by atoms with E-state index < -0.39 is 0 Å². The standard InChI is InChI=1S/C27H28N4O2S/c1-18-15-25(32)26(27(33)29-19(2)23-17-34-20(3)30-23)24(10-9-21-7-5-4-6-8-21)31(18)16-22-11-13-28-14-12-22/h4-8,11-15,17,19H,9-10,16H2,1-3H3,(H,29,33)/t19-/m0/s1. The van der Waals surface area contributed by atoms with Crippen LogP contribution in [0.15, 0.2) is 71.1 Å². The zero-order valence-corrected chi connectivity index (χ0v) is 20.4. The number of nitrogens with one attached hydrogen (secondary N) is 1. The first-order valence-electron chi connectivity index (χ1n) is 11.3. The van der Waals surface area contributed by atoms with E-state index in [1.807, 2.05) is 56.5 Å². The fourth-order valence-electron chi connectivity index (χ4n) is 4.05. The zero-order valence-electron chi connectivity index (χ0n) is 19.6. The third-order valence-corrected chi connectivity index (χ3v) is 6.66. The van der Waals surface area contributed by atoms with Crippen molar-refractivity contribution < 1.29 is 4.79 Å². The lowest BCUT2D eigenvalue weighted by molar-refractivity contribution is 0.0936. The monoisotopic (exact) mass is 472 g/mol. The number of hydrogen-bond donors (Lipinski definition) is 1. The highest BCUT2D eigenvalue weighted by molar-refractivity contribution is 7.09. The van der Waals surface area contributed by atoms with Crippen LogP contribution in [0.5, 0.6) is 0 Å². The predicted octanol–water partition coefficient (Wildman–Crippen LogP) is 4.64. The Labute approximate surface area is 203 Å². The molecule has 0 saturated carbocycles. The van der Waals surface area contributed by atoms with Crippen LogP contribution >= 0.6 is 11.3 Å². The molecule has 3 heterocycles. The number of carbonyl (C=O) groups is 1. The minimum absolute atomic E-state index is 0.203. The maximum atomic E-state index is 13.4. The van der Waals surface area contributed by atoms with Crippen molar-refractivity contribution in [2.24, 2.45) is 0 Å². The molecule has 0 aliphatic heterocycles. The fraction of sp³-hybridized carbons (Fsp3) is 0.259. The summed E-state index contributed by atoms with van der Waals surface area (Å²) in [4.78, 5) is 35.2. The van der Waals surface area contributed by atoms with Gasteiger partial charge in [-0.25, -0.2) is 4.98 Å². The van der Waals surface area contributed by atoms with Crippen molar-refractivity contribution in [2.45, 2.75) is 46.2 Å². The van der Waals surface area contributed by atoms with Gasteiger partial charge in [0, 0.05) is 41.8 Å². The lowest BCUT2D eigenvalue weighted by Crippen LogP contribution is -2.34. The molecule has 1 amide bonds. The summed E-state index contributed by atoms with van der Waals surface area (Å²) >= 11 is 1.54. The summed E-state index contributed by atoms with van der Waals surface area (Å²) in [6.07, 6.45) is 4.80. The number of nitrogens with zero attached hydrogens (tertiary/aromatic N) is 3. The molecule has 0 aliphatic carbocycles. The third kappa shape index (κ3) is 5.48. The first-order valence-corrected chi connectivity index (χ1v) is 12.2. The van der Waals surface area contributed by atoms with E-state index in [1.54, 1.807) is 18.5 Å². The molecule has 0 aliphatic rings. The average Bonchev–Trinajstić information content (AvgIpc) is 3.27. The van der Waals surface area contributed by atoms with E-state index in [2.05, 4.69) is 32.0 Å². The first-order chi connectivity index (χ1) is 16.4. The van der Waals surface area contributed by atoms with Crippen molar-refractivity contribution in [2.75, 3.05) is 0 Å². The van der Waals surface area contributed by atoms with Crippen LogP contribution < -0.4 is 10.7 Å². The highest BCUT2D eigenvalue weighted by atomic mass is 32.1. The Kier molecular flexibility index (Phi) is 7.33. The molecule has 6 nitrogen and oxygen atoms in total. The maximum absolute atomic E-state index is 13.4. The smallest absolute Gasteiger partial charge is 0.257 e. The van der Waals surface area contributed by atoms with E-state index in [-0.39, 0.29) is 22.9 Å². The SMILES string of the molecule is Cc1nc([C@H](C)NC(=O)c2c(CCc3ccccc3)n(Cc3ccncc3)c(C)cc2=O)cs1. The van der Waals surface area contributed by atoms with Gasteiger partial charge < -0.3 is 9.88 Å². The molecule has 34 heavy (non-hydrogen) atoms. The molecule has 0 unspecified atom stereocenters. The fourth-order valence-corrected chi connectivity index (χ4v) is 4.76. The van der Waals surface area contributed by atoms with Gasteiger partial charge in [-0.2, -0.15) is 0 Å². The molecular formula is C27H28N4O2S. The quantitative estimate of drug-likeness (QED) is 0.405. The summed E-state index contributed by atoms with van der Waals surface area (Å²) in [7, 11) is 0. The van der Waals surface area contributed by atoms with Crippen LogP contribution in [0.2, 0.25) is 0 Å². The number of rotatable bonds is 8. The number of carbonyl (C=O) groups excluding carboxylic acids is 1. The van der Waals surface area contributed by atoms with Crippen LogP contribution in [-0.4, -0.2) is 20.4 Å². The number of aryl methyl sites for hydroxylation is 3. The van der Waals surface area contributed by atoms with Crippen LogP contribution in [0.25, 0.3) is 0 Å². The van der Waals surface area contributed by atoms with Crippen LogP contribution in [0.4, 0.5) is 0 Å². The van der Waals surface area contributed by atoms with Crippen molar-refractivity contribution in [3.05, 3.63) is 115 Å². The van der Waals surface area contributed by atoms with Crippen molar-refractivity contribution >= 4 is 17.2 Å². The molecule has 0 fully saturated rings. The van der Waals surface area contributed by atoms with Crippen molar-refractivity contribution in [1.82, 2.24) is 19.9 Å². The summed E-state index contributed by atoms with van der Waals surface area (Å²) in [5.41, 5.74) is 4.52. The maximum Gasteiger partial charge on any atom is 0.257 e. The third-order valence-electron chi connectivity index (χ3n) is 5.86. The number of benzene rings is 1. The molecule has 1 N–H and O–H groups in total. The van der Waals surface area contributed by atoms with E-state index >= 15 is 0 Å². The lowest BCUT2D eigenvalue weighted by Gasteiger charge is -2.21. The van der Waals surface area contributed by atoms with E-state index in [4.69, 9.17) is 0 Å². The molecule has 1 aromatic carbocycles. The summed E-state index contributed by atoms with van der Waals surface area (Å²) in [6.45, 7) is 6.29. The Balaban J connectivity index is 1.73. The van der Waals surface area contributed by atoms with Crippen molar-refractivity contribution in [3.63, 3.8) is 0 Å². The van der Waals surface area contributed by atoms with Gasteiger partial charge in [0.25, 0.3) is 5.91 Å². The van der Waals surface area contributed by atoms with Crippen LogP contribution in [0.3, 0.4) is 0 Å². The van der Waals surface area contributed by atoms with Gasteiger partial charge in [0.15, 0.2) is 5.43 Å². The molecule has 0 bridgehead atoms. The molecular weight excluding hydrogens is 444 g/mol. The highest BCUT2D eigenvalue weighted by Crippen LogP contribution is 2.19. The molecule has 174 valence electrons. The Morgan fingerprint density at radius 2 is 1.79 bits per heavy atom. The zero-order chi connectivity index (χ0) is 24.1. The normalized spacial score (nSPS) is 11.9. The molecule has 1 atom stereocenters. The number of pyridine rings is 2. The molecule has 3 aromatic heterocycles. The number of hydrogen-bond acceptors (Lipinski definition) is 5. The van der Waals surface area contributed by atoms with Crippen molar-refractivity contribution in [3.8, 4) is 0 Å². The summed E-state index contributed by atoms with van der Waals surface area (Å²) in [6, 6.07) is 15.3. The number of amides is 1. The van der Waals surface area contributed by atoms with E-state index in [0.29, 0.717) is 13.0 Å². The van der Waals surface area contributed by atoms with Gasteiger partial charge in [-0.1, -0.05) is 30.3 Å². The predicted molar refractivity (Wildman–Crippen MR) is 135 cm³/mol. The highest BCUT2D eigenvalue weighted by Gasteiger charge is 2.23. The Morgan fingerprint density at radius 3 is 2.47 bits per heavy atom. The van der Waals surface area contributed by atoms with Gasteiger partial charge in [0.1, 0.15) is 5.56 Å². The van der Waals surface area contributed by atoms with Gasteiger partial charge in [-0.05, 0) is 56.9 Å².